The van der Waals surface area contributed by atoms with E-state index in [2.05, 4.69) is 0 Å². The van der Waals surface area contributed by atoms with Gasteiger partial charge in [0.1, 0.15) is 0 Å². The lowest BCUT2D eigenvalue weighted by Gasteiger charge is -2.15. The standard InChI is InChI=1S/C20H20N2O2S/c23-19-17-10-4-5-11-18(17)21-20(25-14-16-9-6-12-24-16)22(19)13-15-7-2-1-3-8-15/h1-5,7-8,10-11,16H,6,9,12-14H2. The Kier molecular flexibility index (Phi) is 4.85. The topological polar surface area (TPSA) is 44.1 Å². The fourth-order valence-electron chi connectivity index (χ4n) is 3.11. The lowest BCUT2D eigenvalue weighted by Crippen LogP contribution is -2.24. The van der Waals surface area contributed by atoms with E-state index in [1.54, 1.807) is 16.3 Å². The first kappa shape index (κ1) is 16.4. The summed E-state index contributed by atoms with van der Waals surface area (Å²) in [6, 6.07) is 17.6. The summed E-state index contributed by atoms with van der Waals surface area (Å²) in [6.45, 7) is 1.37. The number of hydrogen-bond donors (Lipinski definition) is 0. The highest BCUT2D eigenvalue weighted by Crippen LogP contribution is 2.23. The smallest absolute Gasteiger partial charge is 0.262 e. The summed E-state index contributed by atoms with van der Waals surface area (Å²) in [6.07, 6.45) is 2.47. The molecule has 0 saturated carbocycles. The molecule has 5 heteroatoms. The Morgan fingerprint density at radius 2 is 1.92 bits per heavy atom. The molecule has 2 heterocycles. The van der Waals surface area contributed by atoms with Crippen molar-refractivity contribution < 1.29 is 4.74 Å². The van der Waals surface area contributed by atoms with Crippen molar-refractivity contribution in [1.82, 2.24) is 9.55 Å². The molecule has 1 unspecified atom stereocenters. The van der Waals surface area contributed by atoms with Crippen molar-refractivity contribution in [2.45, 2.75) is 30.6 Å². The van der Waals surface area contributed by atoms with Crippen molar-refractivity contribution in [3.05, 3.63) is 70.5 Å². The number of hydrogen-bond acceptors (Lipinski definition) is 4. The van der Waals surface area contributed by atoms with Crippen LogP contribution in [0.15, 0.2) is 64.5 Å². The van der Waals surface area contributed by atoms with E-state index in [9.17, 15) is 4.79 Å². The summed E-state index contributed by atoms with van der Waals surface area (Å²) in [5.74, 6) is 0.833. The zero-order chi connectivity index (χ0) is 17.1. The summed E-state index contributed by atoms with van der Waals surface area (Å²) in [5, 5.41) is 1.43. The van der Waals surface area contributed by atoms with Gasteiger partial charge in [0.15, 0.2) is 5.16 Å². The van der Waals surface area contributed by atoms with E-state index in [0.29, 0.717) is 11.9 Å². The number of para-hydroxylation sites is 1. The van der Waals surface area contributed by atoms with Gasteiger partial charge >= 0.3 is 0 Å². The molecule has 1 atom stereocenters. The first-order valence-electron chi connectivity index (χ1n) is 8.59. The fourth-order valence-corrected chi connectivity index (χ4v) is 4.17. The van der Waals surface area contributed by atoms with Crippen molar-refractivity contribution >= 4 is 22.7 Å². The van der Waals surface area contributed by atoms with Gasteiger partial charge in [0, 0.05) is 12.4 Å². The van der Waals surface area contributed by atoms with E-state index in [-0.39, 0.29) is 11.7 Å². The molecule has 0 N–H and O–H groups in total. The molecule has 1 aliphatic heterocycles. The van der Waals surface area contributed by atoms with Gasteiger partial charge in [-0.3, -0.25) is 9.36 Å². The van der Waals surface area contributed by atoms with Gasteiger partial charge in [-0.15, -0.1) is 0 Å². The molecule has 1 saturated heterocycles. The summed E-state index contributed by atoms with van der Waals surface area (Å²) >= 11 is 1.62. The van der Waals surface area contributed by atoms with Gasteiger partial charge in [-0.05, 0) is 30.5 Å². The second-order valence-corrected chi connectivity index (χ2v) is 7.22. The molecule has 3 aromatic rings. The molecule has 1 aromatic heterocycles. The third kappa shape index (κ3) is 3.62. The third-order valence-electron chi connectivity index (χ3n) is 4.43. The summed E-state index contributed by atoms with van der Waals surface area (Å²) in [5.41, 5.74) is 1.87. The molecular weight excluding hydrogens is 332 g/mol. The highest BCUT2D eigenvalue weighted by Gasteiger charge is 2.18. The third-order valence-corrected chi connectivity index (χ3v) is 5.54. The van der Waals surface area contributed by atoms with Gasteiger partial charge in [0.05, 0.1) is 23.6 Å². The van der Waals surface area contributed by atoms with Crippen LogP contribution in [0.5, 0.6) is 0 Å². The number of nitrogens with zero attached hydrogens (tertiary/aromatic N) is 2. The number of ether oxygens (including phenoxy) is 1. The zero-order valence-electron chi connectivity index (χ0n) is 13.9. The first-order valence-corrected chi connectivity index (χ1v) is 9.58. The van der Waals surface area contributed by atoms with Gasteiger partial charge in [-0.25, -0.2) is 4.98 Å². The molecule has 4 rings (SSSR count). The molecule has 0 amide bonds. The highest BCUT2D eigenvalue weighted by molar-refractivity contribution is 7.99. The second-order valence-electron chi connectivity index (χ2n) is 6.23. The lowest BCUT2D eigenvalue weighted by atomic mass is 10.2. The summed E-state index contributed by atoms with van der Waals surface area (Å²) < 4.78 is 7.50. The molecule has 2 aromatic carbocycles. The van der Waals surface area contributed by atoms with E-state index < -0.39 is 0 Å². The Morgan fingerprint density at radius 1 is 1.12 bits per heavy atom. The number of rotatable bonds is 5. The van der Waals surface area contributed by atoms with Crippen LogP contribution in [-0.4, -0.2) is 28.0 Å². The number of aromatic nitrogens is 2. The molecule has 0 bridgehead atoms. The van der Waals surface area contributed by atoms with Crippen LogP contribution >= 0.6 is 11.8 Å². The average molecular weight is 352 g/mol. The maximum Gasteiger partial charge on any atom is 0.262 e. The maximum atomic E-state index is 13.0. The van der Waals surface area contributed by atoms with E-state index >= 15 is 0 Å². The van der Waals surface area contributed by atoms with Crippen molar-refractivity contribution in [2.75, 3.05) is 12.4 Å². The molecular formula is C20H20N2O2S. The quantitative estimate of drug-likeness (QED) is 0.519. The van der Waals surface area contributed by atoms with Gasteiger partial charge in [0.25, 0.3) is 5.56 Å². The van der Waals surface area contributed by atoms with Crippen LogP contribution in [-0.2, 0) is 11.3 Å². The predicted octanol–water partition coefficient (Wildman–Crippen LogP) is 3.72. The van der Waals surface area contributed by atoms with Gasteiger partial charge in [-0.1, -0.05) is 54.2 Å². The normalized spacial score (nSPS) is 17.2. The van der Waals surface area contributed by atoms with Gasteiger partial charge < -0.3 is 4.74 Å². The lowest BCUT2D eigenvalue weighted by molar-refractivity contribution is 0.129. The van der Waals surface area contributed by atoms with Crippen LogP contribution in [0.2, 0.25) is 0 Å². The highest BCUT2D eigenvalue weighted by atomic mass is 32.2. The maximum absolute atomic E-state index is 13.0. The number of thioether (sulfide) groups is 1. The Hall–Kier alpha value is -2.11. The molecule has 1 fully saturated rings. The van der Waals surface area contributed by atoms with E-state index in [0.717, 1.165) is 41.4 Å². The number of benzene rings is 2. The van der Waals surface area contributed by atoms with Crippen LogP contribution in [0.25, 0.3) is 10.9 Å². The Morgan fingerprint density at radius 3 is 2.72 bits per heavy atom. The van der Waals surface area contributed by atoms with Crippen molar-refractivity contribution in [2.24, 2.45) is 0 Å². The van der Waals surface area contributed by atoms with E-state index in [1.807, 2.05) is 54.6 Å². The van der Waals surface area contributed by atoms with Crippen molar-refractivity contribution in [3.63, 3.8) is 0 Å². The van der Waals surface area contributed by atoms with Crippen LogP contribution in [0.3, 0.4) is 0 Å². The van der Waals surface area contributed by atoms with Crippen LogP contribution < -0.4 is 5.56 Å². The van der Waals surface area contributed by atoms with Crippen molar-refractivity contribution in [1.29, 1.82) is 0 Å². The predicted molar refractivity (Wildman–Crippen MR) is 101 cm³/mol. The van der Waals surface area contributed by atoms with E-state index in [4.69, 9.17) is 9.72 Å². The first-order chi connectivity index (χ1) is 12.3. The summed E-state index contributed by atoms with van der Waals surface area (Å²) in [4.78, 5) is 17.8. The van der Waals surface area contributed by atoms with Crippen LogP contribution in [0, 0.1) is 0 Å². The monoisotopic (exact) mass is 352 g/mol. The average Bonchev–Trinajstić information content (AvgIpc) is 3.17. The largest absolute Gasteiger partial charge is 0.377 e. The molecule has 4 nitrogen and oxygen atoms in total. The Labute approximate surface area is 150 Å². The zero-order valence-corrected chi connectivity index (χ0v) is 14.7. The molecule has 128 valence electrons. The van der Waals surface area contributed by atoms with Crippen LogP contribution in [0.1, 0.15) is 18.4 Å². The molecule has 0 aliphatic carbocycles. The van der Waals surface area contributed by atoms with Gasteiger partial charge in [0.2, 0.25) is 0 Å². The second kappa shape index (κ2) is 7.42. The van der Waals surface area contributed by atoms with Crippen LogP contribution in [0.4, 0.5) is 0 Å². The minimum Gasteiger partial charge on any atom is -0.377 e. The Balaban J connectivity index is 1.72. The minimum atomic E-state index is 0.0179. The van der Waals surface area contributed by atoms with Crippen molar-refractivity contribution in [3.8, 4) is 0 Å². The molecule has 25 heavy (non-hydrogen) atoms. The number of fused-ring (bicyclic) bond motifs is 1. The Bertz CT molecular complexity index is 918. The molecule has 1 aliphatic rings. The SMILES string of the molecule is O=c1c2ccccc2nc(SCC2CCCO2)n1Cc1ccccc1. The fraction of sp³-hybridized carbons (Fsp3) is 0.300. The van der Waals surface area contributed by atoms with Gasteiger partial charge in [-0.2, -0.15) is 0 Å². The minimum absolute atomic E-state index is 0.0179. The molecule has 0 spiro atoms. The molecule has 0 radical (unpaired) electrons. The summed E-state index contributed by atoms with van der Waals surface area (Å²) in [7, 11) is 0. The van der Waals surface area contributed by atoms with E-state index in [1.165, 1.54) is 0 Å².